The molecule has 12 nitrogen and oxygen atoms in total. The van der Waals surface area contributed by atoms with E-state index in [0.717, 1.165) is 23.8 Å². The summed E-state index contributed by atoms with van der Waals surface area (Å²) >= 11 is 0. The summed E-state index contributed by atoms with van der Waals surface area (Å²) in [5.74, 6) is 0.00637. The van der Waals surface area contributed by atoms with Crippen LogP contribution in [0.3, 0.4) is 0 Å². The summed E-state index contributed by atoms with van der Waals surface area (Å²) in [6.45, 7) is 1.83. The lowest BCUT2D eigenvalue weighted by Gasteiger charge is -2.18. The smallest absolute Gasteiger partial charge is 0.412 e. The Balaban J connectivity index is 0.00000800. The van der Waals surface area contributed by atoms with E-state index in [1.54, 1.807) is 0 Å². The molecule has 5 atom stereocenters. The van der Waals surface area contributed by atoms with E-state index < -0.39 is 44.7 Å². The van der Waals surface area contributed by atoms with Crippen LogP contribution < -0.4 is 11.4 Å². The minimum atomic E-state index is -4.36. The fourth-order valence-corrected chi connectivity index (χ4v) is 5.52. The lowest BCUT2D eigenvalue weighted by Crippen LogP contribution is -2.36. The van der Waals surface area contributed by atoms with Gasteiger partial charge >= 0.3 is 13.5 Å². The van der Waals surface area contributed by atoms with Gasteiger partial charge in [-0.25, -0.2) is 9.36 Å². The van der Waals surface area contributed by atoms with Crippen molar-refractivity contribution >= 4 is 13.6 Å². The molecule has 0 saturated carbocycles. The summed E-state index contributed by atoms with van der Waals surface area (Å²) in [5, 5.41) is 20.5. The van der Waals surface area contributed by atoms with E-state index in [1.165, 1.54) is 89.3 Å². The van der Waals surface area contributed by atoms with Crippen molar-refractivity contribution in [1.29, 1.82) is 0 Å². The number of nitrogens with two attached hydrogens (primary N) is 1. The zero-order valence-electron chi connectivity index (χ0n) is 24.0. The summed E-state index contributed by atoms with van der Waals surface area (Å²) < 4.78 is 28.7. The topological polar surface area (TPSA) is 198 Å². The van der Waals surface area contributed by atoms with E-state index in [9.17, 15) is 24.5 Å². The Morgan fingerprint density at radius 1 is 0.900 bits per heavy atom. The monoisotopic (exact) mass is 593 g/mol. The molecule has 1 saturated heterocycles. The number of phosphoric ester groups is 1. The van der Waals surface area contributed by atoms with E-state index in [1.807, 2.05) is 0 Å². The van der Waals surface area contributed by atoms with Gasteiger partial charge in [-0.2, -0.15) is 4.98 Å². The first-order valence-corrected chi connectivity index (χ1v) is 16.2. The molecule has 234 valence electrons. The average molecular weight is 594 g/mol. The quantitative estimate of drug-likeness (QED) is 0.112. The summed E-state index contributed by atoms with van der Waals surface area (Å²) in [5.41, 5.74) is 4.70. The Hall–Kier alpha value is -1.37. The number of rotatable bonds is 22. The highest BCUT2D eigenvalue weighted by molar-refractivity contribution is 7.47. The van der Waals surface area contributed by atoms with Crippen molar-refractivity contribution in [2.75, 3.05) is 18.9 Å². The number of aliphatic hydroxyl groups excluding tert-OH is 2. The van der Waals surface area contributed by atoms with Crippen LogP contribution >= 0.6 is 7.82 Å². The minimum absolute atomic E-state index is 0. The molecule has 1 unspecified atom stereocenters. The van der Waals surface area contributed by atoms with Gasteiger partial charge in [0.2, 0.25) is 0 Å². The largest absolute Gasteiger partial charge is 0.472 e. The number of phosphoric acid groups is 1. The number of nitrogens with zero attached hydrogens (tertiary/aromatic N) is 2. The standard InChI is InChI=1S/C27H50N3O8P.H2O/c1-2-3-4-5-6-7-8-9-10-11-12-13-14-15-16-17-20-36-39(34,35)37-21-22-24(31)25(32)26(38-22)30-19-18-23(28)29-27(30)33;/h18-19,22,24-26,31-32H,2-17,20-21H2,1H3,(H,34,35)(H2,28,29,33);1H2/t22-,24-,25+,26-;/m1./s1. The normalized spacial score (nSPS) is 22.2. The number of aromatic nitrogens is 2. The third-order valence-corrected chi connectivity index (χ3v) is 8.10. The van der Waals surface area contributed by atoms with Gasteiger partial charge in [0.05, 0.1) is 13.2 Å². The maximum Gasteiger partial charge on any atom is 0.472 e. The summed E-state index contributed by atoms with van der Waals surface area (Å²) in [6, 6.07) is 1.35. The van der Waals surface area contributed by atoms with E-state index in [0.29, 0.717) is 6.42 Å². The molecule has 0 spiro atoms. The second-order valence-electron chi connectivity index (χ2n) is 10.5. The molecular weight excluding hydrogens is 541 g/mol. The Morgan fingerprint density at radius 2 is 1.40 bits per heavy atom. The van der Waals surface area contributed by atoms with Gasteiger partial charge in [-0.05, 0) is 12.5 Å². The van der Waals surface area contributed by atoms with Gasteiger partial charge < -0.3 is 31.1 Å². The lowest BCUT2D eigenvalue weighted by atomic mass is 10.0. The predicted octanol–water partition coefficient (Wildman–Crippen LogP) is 4.02. The first kappa shape index (κ1) is 36.7. The van der Waals surface area contributed by atoms with Crippen LogP contribution in [0.2, 0.25) is 0 Å². The van der Waals surface area contributed by atoms with E-state index in [-0.39, 0.29) is 17.9 Å². The van der Waals surface area contributed by atoms with Crippen molar-refractivity contribution in [1.82, 2.24) is 9.55 Å². The van der Waals surface area contributed by atoms with Crippen molar-refractivity contribution < 1.29 is 38.9 Å². The SMILES string of the molecule is CCCCCCCCCCCCCCCCCCOP(=O)(O)OC[C@H]1O[C@@H](n2ccc(N)nc2=O)[C@@H](O)[C@@H]1O.O. The maximum atomic E-state index is 12.2. The highest BCUT2D eigenvalue weighted by Gasteiger charge is 2.45. The molecule has 0 aliphatic carbocycles. The van der Waals surface area contributed by atoms with Gasteiger partial charge in [-0.15, -0.1) is 0 Å². The molecule has 13 heteroatoms. The van der Waals surface area contributed by atoms with Crippen molar-refractivity contribution in [2.45, 2.75) is 134 Å². The highest BCUT2D eigenvalue weighted by atomic mass is 31.2. The Bertz CT molecular complexity index is 904. The predicted molar refractivity (Wildman–Crippen MR) is 154 cm³/mol. The molecule has 0 radical (unpaired) electrons. The van der Waals surface area contributed by atoms with Crippen LogP contribution in [0.15, 0.2) is 17.1 Å². The van der Waals surface area contributed by atoms with Crippen molar-refractivity contribution in [3.8, 4) is 0 Å². The number of hydrogen-bond donors (Lipinski definition) is 4. The van der Waals surface area contributed by atoms with Gasteiger partial charge in [0.1, 0.15) is 24.1 Å². The molecule has 0 bridgehead atoms. The molecule has 1 aliphatic heterocycles. The highest BCUT2D eigenvalue weighted by Crippen LogP contribution is 2.44. The zero-order chi connectivity index (χ0) is 28.5. The summed E-state index contributed by atoms with van der Waals surface area (Å²) in [6.07, 6.45) is 15.8. The van der Waals surface area contributed by atoms with Gasteiger partial charge in [-0.3, -0.25) is 13.6 Å². The molecule has 1 aromatic heterocycles. The van der Waals surface area contributed by atoms with Gasteiger partial charge in [-0.1, -0.05) is 103 Å². The Labute approximate surface area is 238 Å². The van der Waals surface area contributed by atoms with E-state index >= 15 is 0 Å². The zero-order valence-corrected chi connectivity index (χ0v) is 24.9. The van der Waals surface area contributed by atoms with Crippen molar-refractivity contribution in [2.24, 2.45) is 0 Å². The molecule has 1 fully saturated rings. The van der Waals surface area contributed by atoms with Crippen LogP contribution in [0.4, 0.5) is 5.82 Å². The third kappa shape index (κ3) is 14.0. The fourth-order valence-electron chi connectivity index (χ4n) is 4.75. The molecule has 1 aromatic rings. The van der Waals surface area contributed by atoms with Crippen LogP contribution in [0.1, 0.15) is 116 Å². The first-order valence-electron chi connectivity index (χ1n) is 14.7. The van der Waals surface area contributed by atoms with Crippen molar-refractivity contribution in [3.05, 3.63) is 22.7 Å². The molecule has 2 rings (SSSR count). The second kappa shape index (κ2) is 20.5. The number of aliphatic hydroxyl groups is 2. The first-order chi connectivity index (χ1) is 18.7. The van der Waals surface area contributed by atoms with E-state index in [4.69, 9.17) is 19.5 Å². The maximum absolute atomic E-state index is 12.2. The van der Waals surface area contributed by atoms with Crippen molar-refractivity contribution in [3.63, 3.8) is 0 Å². The minimum Gasteiger partial charge on any atom is -0.412 e. The summed E-state index contributed by atoms with van der Waals surface area (Å²) in [7, 11) is -4.36. The molecule has 2 heterocycles. The number of hydrogen-bond acceptors (Lipinski definition) is 9. The summed E-state index contributed by atoms with van der Waals surface area (Å²) in [4.78, 5) is 25.5. The Kier molecular flexibility index (Phi) is 18.8. The van der Waals surface area contributed by atoms with Crippen LogP contribution in [-0.4, -0.2) is 61.7 Å². The molecule has 0 aromatic carbocycles. The molecular formula is C27H52N3O9P. The third-order valence-electron chi connectivity index (χ3n) is 7.12. The Morgan fingerprint density at radius 3 is 1.90 bits per heavy atom. The van der Waals surface area contributed by atoms with Crippen LogP contribution in [0.5, 0.6) is 0 Å². The van der Waals surface area contributed by atoms with Gasteiger partial charge in [0, 0.05) is 6.20 Å². The lowest BCUT2D eigenvalue weighted by molar-refractivity contribution is -0.0551. The fraction of sp³-hybridized carbons (Fsp3) is 0.852. The molecule has 1 aliphatic rings. The van der Waals surface area contributed by atoms with Crippen LogP contribution in [0.25, 0.3) is 0 Å². The van der Waals surface area contributed by atoms with Gasteiger partial charge in [0.15, 0.2) is 6.23 Å². The average Bonchev–Trinajstić information content (AvgIpc) is 3.18. The second-order valence-corrected chi connectivity index (χ2v) is 11.9. The number of anilines is 1. The number of unbranched alkanes of at least 4 members (excludes halogenated alkanes) is 15. The number of ether oxygens (including phenoxy) is 1. The molecule has 40 heavy (non-hydrogen) atoms. The van der Waals surface area contributed by atoms with Crippen LogP contribution in [-0.2, 0) is 18.3 Å². The van der Waals surface area contributed by atoms with Gasteiger partial charge in [0.25, 0.3) is 0 Å². The van der Waals surface area contributed by atoms with E-state index in [2.05, 4.69) is 11.9 Å². The molecule has 7 N–H and O–H groups in total. The van der Waals surface area contributed by atoms with Crippen LogP contribution in [0, 0.1) is 0 Å². The molecule has 0 amide bonds. The number of nitrogen functional groups attached to an aromatic ring is 1.